The quantitative estimate of drug-likeness (QED) is 0.0647. The molecular formula is C20H34GdN5O12. The summed E-state index contributed by atoms with van der Waals surface area (Å²) in [6.45, 7) is -1.40. The third kappa shape index (κ3) is 19.5. The van der Waals surface area contributed by atoms with Gasteiger partial charge in [0.1, 0.15) is 0 Å². The zero-order valence-electron chi connectivity index (χ0n) is 20.9. The van der Waals surface area contributed by atoms with Crippen LogP contribution in [0.1, 0.15) is 13.8 Å². The normalized spacial score (nSPS) is 14.3. The Morgan fingerprint density at radius 3 is 1.11 bits per heavy atom. The van der Waals surface area contributed by atoms with Crippen molar-refractivity contribution in [1.29, 1.82) is 0 Å². The van der Waals surface area contributed by atoms with Crippen molar-refractivity contribution >= 4 is 29.7 Å². The van der Waals surface area contributed by atoms with Crippen LogP contribution in [-0.4, -0.2) is 148 Å². The molecule has 219 valence electrons. The predicted octanol–water partition coefficient (Wildman–Crippen LogP) is -9.23. The molecule has 0 rings (SSSR count). The van der Waals surface area contributed by atoms with Crippen LogP contribution in [0.3, 0.4) is 0 Å². The molecule has 0 aliphatic heterocycles. The zero-order chi connectivity index (χ0) is 28.7. The second-order valence-electron chi connectivity index (χ2n) is 8.32. The number of carboxylic acid groups (broad SMARTS) is 3. The number of aliphatic carboxylic acids is 3. The average molecular weight is 694 g/mol. The van der Waals surface area contributed by atoms with Crippen LogP contribution in [0.15, 0.2) is 0 Å². The van der Waals surface area contributed by atoms with Crippen molar-refractivity contribution in [2.24, 2.45) is 0 Å². The Morgan fingerprint density at radius 2 is 0.842 bits per heavy atom. The molecule has 2 amide bonds. The van der Waals surface area contributed by atoms with E-state index < -0.39 is 87.1 Å². The number of nitrogens with zero attached hydrogens (tertiary/aromatic N) is 3. The number of rotatable bonds is 20. The first-order chi connectivity index (χ1) is 17.1. The van der Waals surface area contributed by atoms with Gasteiger partial charge in [-0.05, 0) is 13.8 Å². The second kappa shape index (κ2) is 20.3. The van der Waals surface area contributed by atoms with Gasteiger partial charge >= 0.3 is 39.9 Å². The smallest absolute Gasteiger partial charge is 0.549 e. The maximum absolute atomic E-state index is 12.0. The molecule has 6 N–H and O–H groups in total. The fraction of sp³-hybridized carbons (Fsp3) is 0.750. The fourth-order valence-corrected chi connectivity index (χ4v) is 2.88. The van der Waals surface area contributed by atoms with Gasteiger partial charge in [0, 0.05) is 45.8 Å². The number of aliphatic hydroxyl groups excluding tert-OH is 4. The van der Waals surface area contributed by atoms with Gasteiger partial charge in [-0.15, -0.1) is 0 Å². The van der Waals surface area contributed by atoms with E-state index in [4.69, 9.17) is 0 Å². The maximum Gasteiger partial charge on any atom is 3.00 e. The van der Waals surface area contributed by atoms with Crippen LogP contribution < -0.4 is 26.0 Å². The molecule has 1 radical (unpaired) electrons. The van der Waals surface area contributed by atoms with Gasteiger partial charge in [0.15, 0.2) is 12.5 Å². The third-order valence-electron chi connectivity index (χ3n) is 4.79. The Morgan fingerprint density at radius 1 is 0.579 bits per heavy atom. The van der Waals surface area contributed by atoms with E-state index in [0.717, 1.165) is 9.80 Å². The third-order valence-corrected chi connectivity index (χ3v) is 4.79. The Labute approximate surface area is 251 Å². The van der Waals surface area contributed by atoms with Crippen molar-refractivity contribution in [3.63, 3.8) is 0 Å². The first kappa shape index (κ1) is 38.5. The van der Waals surface area contributed by atoms with E-state index in [1.807, 2.05) is 0 Å². The maximum atomic E-state index is 12.0. The van der Waals surface area contributed by atoms with Gasteiger partial charge in [-0.25, -0.2) is 0 Å². The molecule has 0 aliphatic rings. The molecule has 0 saturated carbocycles. The zero-order valence-corrected chi connectivity index (χ0v) is 23.2. The van der Waals surface area contributed by atoms with Gasteiger partial charge in [-0.3, -0.25) is 24.3 Å². The van der Waals surface area contributed by atoms with Gasteiger partial charge in [0.25, 0.3) is 0 Å². The number of carbonyl (C=O) groups is 5. The summed E-state index contributed by atoms with van der Waals surface area (Å²) in [7, 11) is 0. The van der Waals surface area contributed by atoms with E-state index in [0.29, 0.717) is 0 Å². The van der Waals surface area contributed by atoms with E-state index in [1.54, 1.807) is 0 Å². The fourth-order valence-electron chi connectivity index (χ4n) is 2.88. The molecule has 0 aromatic heterocycles. The number of hydrogen-bond donors (Lipinski definition) is 6. The van der Waals surface area contributed by atoms with Crippen molar-refractivity contribution in [3.8, 4) is 0 Å². The standard InChI is InChI=1S/C20H37N5O12.Gd/c1-12(26)19(36)21-14(28)7-24(10-17(32)33)5-3-23(9-16(30)31)4-6-25(11-18(34)35)8-15(29)22-20(37)13(2)27;/h12-13,19-20,26-27,36-37H,3-11H2,1-2H3,(H,21,28)(H,22,29)(H,30,31)(H,32,33)(H,34,35);/q;+3/p-3. The van der Waals surface area contributed by atoms with Crippen LogP contribution in [0, 0.1) is 39.9 Å². The minimum atomic E-state index is -1.60. The predicted molar refractivity (Wildman–Crippen MR) is 116 cm³/mol. The Kier molecular flexibility index (Phi) is 20.6. The molecule has 0 saturated heterocycles. The van der Waals surface area contributed by atoms with Crippen molar-refractivity contribution in [2.75, 3.05) is 58.9 Å². The molecule has 38 heavy (non-hydrogen) atoms. The summed E-state index contributed by atoms with van der Waals surface area (Å²) in [4.78, 5) is 60.7. The van der Waals surface area contributed by atoms with Crippen LogP contribution in [0.5, 0.6) is 0 Å². The molecule has 17 nitrogen and oxygen atoms in total. The molecule has 0 aliphatic carbocycles. The van der Waals surface area contributed by atoms with Crippen LogP contribution in [0.25, 0.3) is 0 Å². The topological polar surface area (TPSA) is 269 Å². The van der Waals surface area contributed by atoms with E-state index in [-0.39, 0.29) is 66.1 Å². The first-order valence-corrected chi connectivity index (χ1v) is 11.2. The van der Waals surface area contributed by atoms with Gasteiger partial charge in [-0.2, -0.15) is 0 Å². The number of carboxylic acids is 3. The summed E-state index contributed by atoms with van der Waals surface area (Å²) < 4.78 is 0. The van der Waals surface area contributed by atoms with Crippen LogP contribution >= 0.6 is 0 Å². The monoisotopic (exact) mass is 694 g/mol. The number of amides is 2. The number of nitrogens with one attached hydrogen (secondary N) is 2. The van der Waals surface area contributed by atoms with Gasteiger partial charge < -0.3 is 60.8 Å². The molecule has 0 heterocycles. The summed E-state index contributed by atoms with van der Waals surface area (Å²) in [5.41, 5.74) is 0. The van der Waals surface area contributed by atoms with E-state index in [1.165, 1.54) is 18.7 Å². The van der Waals surface area contributed by atoms with E-state index in [9.17, 15) is 59.7 Å². The number of hydrogen-bond acceptors (Lipinski definition) is 15. The molecule has 4 atom stereocenters. The summed E-state index contributed by atoms with van der Waals surface area (Å²) in [6, 6.07) is 0. The van der Waals surface area contributed by atoms with Crippen LogP contribution in [-0.2, 0) is 24.0 Å². The van der Waals surface area contributed by atoms with E-state index in [2.05, 4.69) is 10.6 Å². The van der Waals surface area contributed by atoms with Gasteiger partial charge in [0.05, 0.1) is 43.2 Å². The first-order valence-electron chi connectivity index (χ1n) is 11.2. The average Bonchev–Trinajstić information content (AvgIpc) is 2.73. The molecule has 18 heteroatoms. The molecule has 4 unspecified atom stereocenters. The van der Waals surface area contributed by atoms with Gasteiger partial charge in [-0.1, -0.05) is 0 Å². The summed E-state index contributed by atoms with van der Waals surface area (Å²) in [5, 5.41) is 74.9. The van der Waals surface area contributed by atoms with Gasteiger partial charge in [0.2, 0.25) is 11.8 Å². The minimum absolute atomic E-state index is 0. The minimum Gasteiger partial charge on any atom is -0.549 e. The SMILES string of the molecule is CC(O)C(O)NC(=O)CN(CCN(CCN(CC(=O)[O-])CC(=O)NC(O)C(C)O)CC(=O)[O-])CC(=O)[O-].[Gd+3]. The molecular weight excluding hydrogens is 659 g/mol. The summed E-state index contributed by atoms with van der Waals surface area (Å²) in [5.74, 6) is -6.24. The Balaban J connectivity index is 0. The Hall–Kier alpha value is -1.61. The number of aliphatic hydroxyl groups is 4. The molecule has 0 spiro atoms. The molecule has 0 aromatic rings. The summed E-state index contributed by atoms with van der Waals surface area (Å²) >= 11 is 0. The molecule has 0 fully saturated rings. The van der Waals surface area contributed by atoms with E-state index >= 15 is 0 Å². The van der Waals surface area contributed by atoms with Crippen molar-refractivity contribution < 1.29 is 99.7 Å². The van der Waals surface area contributed by atoms with Crippen molar-refractivity contribution in [3.05, 3.63) is 0 Å². The second-order valence-corrected chi connectivity index (χ2v) is 8.32. The van der Waals surface area contributed by atoms with Crippen LogP contribution in [0.2, 0.25) is 0 Å². The molecule has 0 aromatic carbocycles. The Bertz CT molecular complexity index is 719. The van der Waals surface area contributed by atoms with Crippen molar-refractivity contribution in [1.82, 2.24) is 25.3 Å². The molecule has 0 bridgehead atoms. The largest absolute Gasteiger partial charge is 3.00 e. The van der Waals surface area contributed by atoms with Crippen LogP contribution in [0.4, 0.5) is 0 Å². The summed E-state index contributed by atoms with van der Waals surface area (Å²) in [6.07, 6.45) is -5.78. The number of carbonyl (C=O) groups excluding carboxylic acids is 5. The van der Waals surface area contributed by atoms with Crippen molar-refractivity contribution in [2.45, 2.75) is 38.5 Å².